The summed E-state index contributed by atoms with van der Waals surface area (Å²) in [5.74, 6) is -0.409. The quantitative estimate of drug-likeness (QED) is 0.457. The van der Waals surface area contributed by atoms with E-state index in [9.17, 15) is 9.59 Å². The standard InChI is InChI=1S/C29H30N2O2/c1-4-30(20-24-13-9-6-10-14-24)27-26(25-16-15-21(2)19-22(25)3)28(32)31(29(27)33)18-17-23-11-7-5-8-12-23/h5-16,19H,4,17-18,20H2,1-3H3. The second-order valence-electron chi connectivity index (χ2n) is 8.54. The van der Waals surface area contributed by atoms with E-state index in [1.54, 1.807) is 0 Å². The highest BCUT2D eigenvalue weighted by atomic mass is 16.2. The minimum Gasteiger partial charge on any atom is -0.362 e. The van der Waals surface area contributed by atoms with E-state index in [1.807, 2.05) is 86.3 Å². The first-order chi connectivity index (χ1) is 16.0. The largest absolute Gasteiger partial charge is 0.362 e. The summed E-state index contributed by atoms with van der Waals surface area (Å²) in [6.45, 7) is 7.64. The van der Waals surface area contributed by atoms with E-state index in [0.717, 1.165) is 27.8 Å². The molecule has 4 rings (SSSR count). The van der Waals surface area contributed by atoms with Gasteiger partial charge >= 0.3 is 0 Å². The van der Waals surface area contributed by atoms with E-state index < -0.39 is 0 Å². The van der Waals surface area contributed by atoms with E-state index in [2.05, 4.69) is 18.2 Å². The van der Waals surface area contributed by atoms with Gasteiger partial charge in [0.25, 0.3) is 11.8 Å². The second-order valence-corrected chi connectivity index (χ2v) is 8.54. The molecule has 0 fully saturated rings. The summed E-state index contributed by atoms with van der Waals surface area (Å²) in [7, 11) is 0. The first-order valence-corrected chi connectivity index (χ1v) is 11.5. The van der Waals surface area contributed by atoms with E-state index >= 15 is 0 Å². The molecular formula is C29H30N2O2. The van der Waals surface area contributed by atoms with Crippen LogP contribution in [0.4, 0.5) is 0 Å². The van der Waals surface area contributed by atoms with Gasteiger partial charge in [-0.2, -0.15) is 0 Å². The van der Waals surface area contributed by atoms with Crippen LogP contribution in [0.1, 0.15) is 34.7 Å². The van der Waals surface area contributed by atoms with Crippen LogP contribution < -0.4 is 0 Å². The Balaban J connectivity index is 1.73. The predicted molar refractivity (Wildman–Crippen MR) is 132 cm³/mol. The molecule has 3 aromatic carbocycles. The number of carbonyl (C=O) groups excluding carboxylic acids is 2. The first-order valence-electron chi connectivity index (χ1n) is 11.5. The Kier molecular flexibility index (Phi) is 6.74. The molecule has 2 amide bonds. The fraction of sp³-hybridized carbons (Fsp3) is 0.241. The molecule has 4 heteroatoms. The monoisotopic (exact) mass is 438 g/mol. The van der Waals surface area contributed by atoms with Crippen molar-refractivity contribution in [2.75, 3.05) is 13.1 Å². The zero-order chi connectivity index (χ0) is 23.4. The molecule has 4 nitrogen and oxygen atoms in total. The van der Waals surface area contributed by atoms with Gasteiger partial charge in [0.2, 0.25) is 0 Å². The van der Waals surface area contributed by atoms with Crippen molar-refractivity contribution in [1.29, 1.82) is 0 Å². The Morgan fingerprint density at radius 1 is 0.788 bits per heavy atom. The lowest BCUT2D eigenvalue weighted by Gasteiger charge is -2.25. The molecule has 0 N–H and O–H groups in total. The highest BCUT2D eigenvalue weighted by Crippen LogP contribution is 2.34. The van der Waals surface area contributed by atoms with Crippen LogP contribution in [0.5, 0.6) is 0 Å². The molecule has 1 aliphatic rings. The summed E-state index contributed by atoms with van der Waals surface area (Å²) in [4.78, 5) is 30.8. The Morgan fingerprint density at radius 2 is 1.42 bits per heavy atom. The Hall–Kier alpha value is -3.66. The van der Waals surface area contributed by atoms with Gasteiger partial charge in [-0.3, -0.25) is 14.5 Å². The van der Waals surface area contributed by atoms with E-state index in [4.69, 9.17) is 0 Å². The molecule has 0 atom stereocenters. The fourth-order valence-corrected chi connectivity index (χ4v) is 4.43. The Labute approximate surface area is 196 Å². The van der Waals surface area contributed by atoms with Crippen LogP contribution in [0.25, 0.3) is 5.57 Å². The van der Waals surface area contributed by atoms with Crippen molar-refractivity contribution in [3.63, 3.8) is 0 Å². The molecular weight excluding hydrogens is 408 g/mol. The molecule has 0 unspecified atom stereocenters. The molecule has 3 aromatic rings. The van der Waals surface area contributed by atoms with E-state index in [-0.39, 0.29) is 11.8 Å². The molecule has 0 aliphatic carbocycles. The zero-order valence-electron chi connectivity index (χ0n) is 19.5. The summed E-state index contributed by atoms with van der Waals surface area (Å²) in [6.07, 6.45) is 0.635. The number of likely N-dealkylation sites (N-methyl/N-ethyl adjacent to an activating group) is 1. The number of carbonyl (C=O) groups is 2. The number of amides is 2. The number of hydrogen-bond donors (Lipinski definition) is 0. The van der Waals surface area contributed by atoms with Gasteiger partial charge in [0.05, 0.1) is 5.57 Å². The van der Waals surface area contributed by atoms with Crippen molar-refractivity contribution in [2.45, 2.75) is 33.7 Å². The maximum Gasteiger partial charge on any atom is 0.277 e. The lowest BCUT2D eigenvalue weighted by Crippen LogP contribution is -2.36. The average Bonchev–Trinajstić information content (AvgIpc) is 3.07. The third kappa shape index (κ3) is 4.75. The van der Waals surface area contributed by atoms with Crippen molar-refractivity contribution in [1.82, 2.24) is 9.80 Å². The van der Waals surface area contributed by atoms with Gasteiger partial charge in [-0.25, -0.2) is 0 Å². The van der Waals surface area contributed by atoms with Gasteiger partial charge in [-0.05, 0) is 49.4 Å². The minimum absolute atomic E-state index is 0.204. The average molecular weight is 439 g/mol. The van der Waals surface area contributed by atoms with Crippen LogP contribution in [-0.4, -0.2) is 34.7 Å². The first kappa shape index (κ1) is 22.5. The number of benzene rings is 3. The maximum atomic E-state index is 13.7. The van der Waals surface area contributed by atoms with Crippen LogP contribution in [0, 0.1) is 13.8 Å². The van der Waals surface area contributed by atoms with Crippen LogP contribution in [0.3, 0.4) is 0 Å². The van der Waals surface area contributed by atoms with Gasteiger partial charge in [-0.1, -0.05) is 84.4 Å². The van der Waals surface area contributed by atoms with Crippen LogP contribution >= 0.6 is 0 Å². The van der Waals surface area contributed by atoms with Crippen LogP contribution in [0.15, 0.2) is 84.6 Å². The van der Waals surface area contributed by atoms with Crippen molar-refractivity contribution >= 4 is 17.4 Å². The lowest BCUT2D eigenvalue weighted by atomic mass is 9.97. The molecule has 168 valence electrons. The van der Waals surface area contributed by atoms with Crippen molar-refractivity contribution < 1.29 is 9.59 Å². The minimum atomic E-state index is -0.205. The number of imide groups is 1. The molecule has 0 bridgehead atoms. The van der Waals surface area contributed by atoms with Crippen LogP contribution in [0.2, 0.25) is 0 Å². The third-order valence-electron chi connectivity index (χ3n) is 6.18. The Bertz CT molecular complexity index is 1180. The number of hydrogen-bond acceptors (Lipinski definition) is 3. The highest BCUT2D eigenvalue weighted by molar-refractivity contribution is 6.35. The van der Waals surface area contributed by atoms with Crippen molar-refractivity contribution in [3.8, 4) is 0 Å². The highest BCUT2D eigenvalue weighted by Gasteiger charge is 2.41. The molecule has 0 spiro atoms. The maximum absolute atomic E-state index is 13.7. The normalized spacial score (nSPS) is 13.7. The van der Waals surface area contributed by atoms with Gasteiger partial charge in [0, 0.05) is 19.6 Å². The molecule has 0 radical (unpaired) electrons. The predicted octanol–water partition coefficient (Wildman–Crippen LogP) is 5.15. The molecule has 1 heterocycles. The summed E-state index contributed by atoms with van der Waals surface area (Å²) in [5.41, 5.74) is 6.21. The van der Waals surface area contributed by atoms with Crippen molar-refractivity contribution in [2.24, 2.45) is 0 Å². The topological polar surface area (TPSA) is 40.6 Å². The molecule has 1 aliphatic heterocycles. The number of aryl methyl sites for hydroxylation is 2. The summed E-state index contributed by atoms with van der Waals surface area (Å²) < 4.78 is 0. The molecule has 0 saturated carbocycles. The van der Waals surface area contributed by atoms with Gasteiger partial charge in [-0.15, -0.1) is 0 Å². The number of rotatable bonds is 8. The van der Waals surface area contributed by atoms with Crippen LogP contribution in [-0.2, 0) is 22.6 Å². The SMILES string of the molecule is CCN(Cc1ccccc1)C1=C(c2ccc(C)cc2C)C(=O)N(CCc2ccccc2)C1=O. The summed E-state index contributed by atoms with van der Waals surface area (Å²) in [5, 5.41) is 0. The van der Waals surface area contributed by atoms with Crippen molar-refractivity contribution in [3.05, 3.63) is 112 Å². The summed E-state index contributed by atoms with van der Waals surface area (Å²) >= 11 is 0. The molecule has 0 saturated heterocycles. The molecule has 33 heavy (non-hydrogen) atoms. The second kappa shape index (κ2) is 9.86. The smallest absolute Gasteiger partial charge is 0.277 e. The van der Waals surface area contributed by atoms with Gasteiger partial charge in [0.15, 0.2) is 0 Å². The molecule has 0 aromatic heterocycles. The lowest BCUT2D eigenvalue weighted by molar-refractivity contribution is -0.137. The fourth-order valence-electron chi connectivity index (χ4n) is 4.43. The van der Waals surface area contributed by atoms with E-state index in [0.29, 0.717) is 37.3 Å². The summed E-state index contributed by atoms with van der Waals surface area (Å²) in [6, 6.07) is 26.1. The number of nitrogens with zero attached hydrogens (tertiary/aromatic N) is 2. The zero-order valence-corrected chi connectivity index (χ0v) is 19.5. The third-order valence-corrected chi connectivity index (χ3v) is 6.18. The van der Waals surface area contributed by atoms with Gasteiger partial charge in [0.1, 0.15) is 5.70 Å². The Morgan fingerprint density at radius 3 is 2.03 bits per heavy atom. The van der Waals surface area contributed by atoms with E-state index in [1.165, 1.54) is 4.90 Å². The van der Waals surface area contributed by atoms with Gasteiger partial charge < -0.3 is 4.90 Å².